The number of anilines is 1. The summed E-state index contributed by atoms with van der Waals surface area (Å²) in [5.41, 5.74) is 2.57. The van der Waals surface area contributed by atoms with Gasteiger partial charge in [0, 0.05) is 17.3 Å². The van der Waals surface area contributed by atoms with Crippen LogP contribution in [0, 0.1) is 0 Å². The molecule has 2 amide bonds. The van der Waals surface area contributed by atoms with Crippen LogP contribution in [-0.4, -0.2) is 17.9 Å². The molecule has 0 fully saturated rings. The molecule has 0 aliphatic heterocycles. The normalized spacial score (nSPS) is 11.6. The molecule has 0 aromatic heterocycles. The van der Waals surface area contributed by atoms with Gasteiger partial charge in [-0.15, -0.1) is 0 Å². The molecule has 0 aliphatic carbocycles. The van der Waals surface area contributed by atoms with Crippen molar-refractivity contribution >= 4 is 17.5 Å². The first-order valence-electron chi connectivity index (χ1n) is 7.77. The summed E-state index contributed by atoms with van der Waals surface area (Å²) in [5, 5.41) is 5.69. The second kappa shape index (κ2) is 8.13. The van der Waals surface area contributed by atoms with Gasteiger partial charge < -0.3 is 10.6 Å². The van der Waals surface area contributed by atoms with Crippen LogP contribution in [0.25, 0.3) is 0 Å². The first kappa shape index (κ1) is 16.7. The standard InChI is InChI=1S/C19H22N2O2/c1-14(8-9-16-6-4-3-5-7-16)20-19(23)21-18-12-10-17(11-13-18)15(2)22/h3-7,10-14H,8-9H2,1-2H3,(H2,20,21,23). The Morgan fingerprint density at radius 1 is 1.00 bits per heavy atom. The van der Waals surface area contributed by atoms with Crippen molar-refractivity contribution in [1.29, 1.82) is 0 Å². The van der Waals surface area contributed by atoms with Gasteiger partial charge in [-0.05, 0) is 56.5 Å². The van der Waals surface area contributed by atoms with Crippen molar-refractivity contribution in [1.82, 2.24) is 5.32 Å². The third-order valence-electron chi connectivity index (χ3n) is 3.64. The molecule has 0 heterocycles. The molecule has 2 aromatic rings. The van der Waals surface area contributed by atoms with Crippen molar-refractivity contribution < 1.29 is 9.59 Å². The van der Waals surface area contributed by atoms with Crippen molar-refractivity contribution in [2.45, 2.75) is 32.7 Å². The number of ketones is 1. The molecule has 1 unspecified atom stereocenters. The Labute approximate surface area is 136 Å². The van der Waals surface area contributed by atoms with Crippen molar-refractivity contribution in [2.24, 2.45) is 0 Å². The van der Waals surface area contributed by atoms with Gasteiger partial charge in [0.2, 0.25) is 0 Å². The molecule has 120 valence electrons. The van der Waals surface area contributed by atoms with Crippen LogP contribution in [0.1, 0.15) is 36.2 Å². The van der Waals surface area contributed by atoms with Gasteiger partial charge in [0.05, 0.1) is 0 Å². The van der Waals surface area contributed by atoms with E-state index in [1.807, 2.05) is 25.1 Å². The number of urea groups is 1. The Hall–Kier alpha value is -2.62. The molecule has 23 heavy (non-hydrogen) atoms. The average molecular weight is 310 g/mol. The first-order chi connectivity index (χ1) is 11.0. The van der Waals surface area contributed by atoms with E-state index in [9.17, 15) is 9.59 Å². The first-order valence-corrected chi connectivity index (χ1v) is 7.77. The quantitative estimate of drug-likeness (QED) is 0.791. The number of hydrogen-bond donors (Lipinski definition) is 2. The van der Waals surface area contributed by atoms with Crippen LogP contribution >= 0.6 is 0 Å². The minimum absolute atomic E-state index is 0.00976. The molecular weight excluding hydrogens is 288 g/mol. The van der Waals surface area contributed by atoms with Crippen molar-refractivity contribution in [3.05, 3.63) is 65.7 Å². The molecule has 1 atom stereocenters. The number of Topliss-reactive ketones (excluding diaryl/α,β-unsaturated/α-hetero) is 1. The molecule has 0 saturated heterocycles. The summed E-state index contributed by atoms with van der Waals surface area (Å²) in [4.78, 5) is 23.2. The smallest absolute Gasteiger partial charge is 0.319 e. The highest BCUT2D eigenvalue weighted by Crippen LogP contribution is 2.10. The van der Waals surface area contributed by atoms with E-state index in [1.54, 1.807) is 24.3 Å². The third kappa shape index (κ3) is 5.58. The van der Waals surface area contributed by atoms with Gasteiger partial charge in [0.25, 0.3) is 0 Å². The van der Waals surface area contributed by atoms with Gasteiger partial charge in [-0.2, -0.15) is 0 Å². The van der Waals surface area contributed by atoms with E-state index >= 15 is 0 Å². The maximum atomic E-state index is 12.0. The number of amides is 2. The molecule has 2 N–H and O–H groups in total. The highest BCUT2D eigenvalue weighted by molar-refractivity contribution is 5.95. The minimum atomic E-state index is -0.235. The van der Waals surface area contributed by atoms with Gasteiger partial charge in [-0.25, -0.2) is 4.79 Å². The lowest BCUT2D eigenvalue weighted by atomic mass is 10.1. The van der Waals surface area contributed by atoms with Gasteiger partial charge in [0.1, 0.15) is 0 Å². The van der Waals surface area contributed by atoms with Gasteiger partial charge in [-0.1, -0.05) is 30.3 Å². The number of rotatable bonds is 6. The third-order valence-corrected chi connectivity index (χ3v) is 3.64. The van der Waals surface area contributed by atoms with E-state index in [0.717, 1.165) is 12.8 Å². The van der Waals surface area contributed by atoms with Gasteiger partial charge in [-0.3, -0.25) is 4.79 Å². The van der Waals surface area contributed by atoms with E-state index in [2.05, 4.69) is 22.8 Å². The SMILES string of the molecule is CC(=O)c1ccc(NC(=O)NC(C)CCc2ccccc2)cc1. The lowest BCUT2D eigenvalue weighted by molar-refractivity contribution is 0.101. The Morgan fingerprint density at radius 3 is 2.26 bits per heavy atom. The fourth-order valence-electron chi connectivity index (χ4n) is 2.28. The van der Waals surface area contributed by atoms with Crippen LogP contribution in [0.2, 0.25) is 0 Å². The van der Waals surface area contributed by atoms with Crippen LogP contribution in [0.3, 0.4) is 0 Å². The molecule has 0 saturated carbocycles. The summed E-state index contributed by atoms with van der Waals surface area (Å²) in [6.45, 7) is 3.50. The zero-order valence-electron chi connectivity index (χ0n) is 13.5. The fourth-order valence-corrected chi connectivity index (χ4v) is 2.28. The summed E-state index contributed by atoms with van der Waals surface area (Å²) < 4.78 is 0. The van der Waals surface area contributed by atoms with E-state index < -0.39 is 0 Å². The van der Waals surface area contributed by atoms with Gasteiger partial charge >= 0.3 is 6.03 Å². The number of carbonyl (C=O) groups excluding carboxylic acids is 2. The molecule has 0 aliphatic rings. The van der Waals surface area contributed by atoms with E-state index in [-0.39, 0.29) is 17.9 Å². The number of benzene rings is 2. The Morgan fingerprint density at radius 2 is 1.65 bits per heavy atom. The Bertz CT molecular complexity index is 651. The maximum absolute atomic E-state index is 12.0. The second-order valence-electron chi connectivity index (χ2n) is 5.66. The monoisotopic (exact) mass is 310 g/mol. The summed E-state index contributed by atoms with van der Waals surface area (Å²) in [6, 6.07) is 16.9. The zero-order chi connectivity index (χ0) is 16.7. The molecule has 0 spiro atoms. The van der Waals surface area contributed by atoms with E-state index in [1.165, 1.54) is 12.5 Å². The molecule has 2 aromatic carbocycles. The fraction of sp³-hybridized carbons (Fsp3) is 0.263. The molecule has 4 heteroatoms. The highest BCUT2D eigenvalue weighted by atomic mass is 16.2. The lowest BCUT2D eigenvalue weighted by Crippen LogP contribution is -2.36. The van der Waals surface area contributed by atoms with E-state index in [0.29, 0.717) is 11.3 Å². The molecule has 0 bridgehead atoms. The lowest BCUT2D eigenvalue weighted by Gasteiger charge is -2.15. The molecule has 2 rings (SSSR count). The van der Waals surface area contributed by atoms with Crippen molar-refractivity contribution in [2.75, 3.05) is 5.32 Å². The predicted molar refractivity (Wildman–Crippen MR) is 92.8 cm³/mol. The number of aryl methyl sites for hydroxylation is 1. The molecule has 0 radical (unpaired) electrons. The Balaban J connectivity index is 1.78. The largest absolute Gasteiger partial charge is 0.335 e. The van der Waals surface area contributed by atoms with Crippen LogP contribution in [0.4, 0.5) is 10.5 Å². The Kier molecular flexibility index (Phi) is 5.92. The topological polar surface area (TPSA) is 58.2 Å². The predicted octanol–water partition coefficient (Wildman–Crippen LogP) is 4.03. The molecular formula is C19H22N2O2. The van der Waals surface area contributed by atoms with Crippen LogP contribution in [0.15, 0.2) is 54.6 Å². The number of hydrogen-bond acceptors (Lipinski definition) is 2. The number of nitrogens with one attached hydrogen (secondary N) is 2. The summed E-state index contributed by atoms with van der Waals surface area (Å²) in [6.07, 6.45) is 1.80. The maximum Gasteiger partial charge on any atom is 0.319 e. The zero-order valence-corrected chi connectivity index (χ0v) is 13.5. The van der Waals surface area contributed by atoms with E-state index in [4.69, 9.17) is 0 Å². The van der Waals surface area contributed by atoms with Crippen molar-refractivity contribution in [3.8, 4) is 0 Å². The van der Waals surface area contributed by atoms with Crippen LogP contribution in [0.5, 0.6) is 0 Å². The minimum Gasteiger partial charge on any atom is -0.335 e. The summed E-state index contributed by atoms with van der Waals surface area (Å²) in [5.74, 6) is 0.00976. The number of carbonyl (C=O) groups is 2. The average Bonchev–Trinajstić information content (AvgIpc) is 2.54. The second-order valence-corrected chi connectivity index (χ2v) is 5.66. The summed E-state index contributed by atoms with van der Waals surface area (Å²) >= 11 is 0. The highest BCUT2D eigenvalue weighted by Gasteiger charge is 2.08. The van der Waals surface area contributed by atoms with Gasteiger partial charge in [0.15, 0.2) is 5.78 Å². The van der Waals surface area contributed by atoms with Crippen LogP contribution in [-0.2, 0) is 6.42 Å². The summed E-state index contributed by atoms with van der Waals surface area (Å²) in [7, 11) is 0. The van der Waals surface area contributed by atoms with Crippen LogP contribution < -0.4 is 10.6 Å². The van der Waals surface area contributed by atoms with Crippen molar-refractivity contribution in [3.63, 3.8) is 0 Å². The molecule has 4 nitrogen and oxygen atoms in total.